The maximum Gasteiger partial charge on any atom is 0.346 e. The van der Waals surface area contributed by atoms with Crippen molar-refractivity contribution >= 4 is 21.9 Å². The van der Waals surface area contributed by atoms with Crippen LogP contribution in [-0.4, -0.2) is 18.3 Å². The number of nitro groups is 2. The minimum absolute atomic E-state index is 0.484. The highest BCUT2D eigenvalue weighted by Gasteiger charge is 2.21. The van der Waals surface area contributed by atoms with Gasteiger partial charge in [-0.2, -0.15) is 13.2 Å². The zero-order chi connectivity index (χ0) is 12.7. The van der Waals surface area contributed by atoms with Crippen molar-refractivity contribution in [3.05, 3.63) is 44.5 Å². The monoisotopic (exact) mass is 247 g/mol. The van der Waals surface area contributed by atoms with Crippen LogP contribution in [0, 0.1) is 25.0 Å². The molecular weight excluding hydrogens is 242 g/mol. The van der Waals surface area contributed by atoms with Crippen LogP contribution in [0.4, 0.5) is 11.4 Å². The van der Waals surface area contributed by atoms with Crippen molar-refractivity contribution in [1.29, 1.82) is 4.78 Å². The molecule has 10 heteroatoms. The minimum Gasteiger partial charge on any atom is -0.258 e. The van der Waals surface area contributed by atoms with Gasteiger partial charge >= 0.3 is 21.9 Å². The summed E-state index contributed by atoms with van der Waals surface area (Å²) in [5.41, 5.74) is -0.968. The summed E-state index contributed by atoms with van der Waals surface area (Å²) in [5, 5.41) is 20.5. The average molecular weight is 247 g/mol. The standard InChI is InChI=1S/C6H4N2O4.HNO2S/c9-7(10)5-3-1-2-4-6(5)8(11)12;1-4(2)3/h1-4H;1H. The summed E-state index contributed by atoms with van der Waals surface area (Å²) in [4.78, 5) is 18.9. The molecule has 0 aliphatic carbocycles. The minimum atomic E-state index is -2.61. The zero-order valence-electron chi connectivity index (χ0n) is 7.56. The Kier molecular flexibility index (Phi) is 5.27. The molecule has 9 nitrogen and oxygen atoms in total. The normalized spacial score (nSPS) is 8.50. The molecule has 1 N–H and O–H groups in total. The van der Waals surface area contributed by atoms with Gasteiger partial charge in [0.1, 0.15) is 0 Å². The SMILES string of the molecule is N=S(=O)=O.O=[N+]([O-])c1ccccc1[N+](=O)[O-]. The highest BCUT2D eigenvalue weighted by Crippen LogP contribution is 2.24. The zero-order valence-corrected chi connectivity index (χ0v) is 8.38. The number of hydrogen-bond acceptors (Lipinski definition) is 7. The van der Waals surface area contributed by atoms with E-state index >= 15 is 0 Å². The molecular formula is C6H5N3O6S. The number of nitro benzene ring substituents is 2. The Hall–Kier alpha value is -2.36. The summed E-state index contributed by atoms with van der Waals surface area (Å²) in [6.45, 7) is 0. The fourth-order valence-electron chi connectivity index (χ4n) is 0.773. The fraction of sp³-hybridized carbons (Fsp3) is 0. The summed E-state index contributed by atoms with van der Waals surface area (Å²) in [6.07, 6.45) is 0. The van der Waals surface area contributed by atoms with E-state index < -0.39 is 31.7 Å². The predicted molar refractivity (Wildman–Crippen MR) is 51.4 cm³/mol. The molecule has 0 amide bonds. The van der Waals surface area contributed by atoms with Crippen molar-refractivity contribution in [3.63, 3.8) is 0 Å². The van der Waals surface area contributed by atoms with Crippen molar-refractivity contribution in [1.82, 2.24) is 0 Å². The Morgan fingerprint density at radius 1 is 1.00 bits per heavy atom. The predicted octanol–water partition coefficient (Wildman–Crippen LogP) is 1.13. The van der Waals surface area contributed by atoms with Crippen molar-refractivity contribution in [2.24, 2.45) is 0 Å². The first-order valence-electron chi connectivity index (χ1n) is 3.54. The lowest BCUT2D eigenvalue weighted by Crippen LogP contribution is -1.95. The van der Waals surface area contributed by atoms with Crippen LogP contribution in [0.3, 0.4) is 0 Å². The van der Waals surface area contributed by atoms with Gasteiger partial charge in [0, 0.05) is 12.1 Å². The van der Waals surface area contributed by atoms with Crippen molar-refractivity contribution in [3.8, 4) is 0 Å². The Labute approximate surface area is 90.1 Å². The van der Waals surface area contributed by atoms with Crippen LogP contribution in [0.1, 0.15) is 0 Å². The van der Waals surface area contributed by atoms with Crippen LogP contribution in [-0.2, 0) is 10.5 Å². The van der Waals surface area contributed by atoms with Crippen LogP contribution >= 0.6 is 0 Å². The van der Waals surface area contributed by atoms with E-state index in [4.69, 9.17) is 13.2 Å². The van der Waals surface area contributed by atoms with Gasteiger partial charge in [0.2, 0.25) is 0 Å². The van der Waals surface area contributed by atoms with Gasteiger partial charge in [-0.05, 0) is 0 Å². The average Bonchev–Trinajstić information content (AvgIpc) is 2.16. The summed E-state index contributed by atoms with van der Waals surface area (Å²) in [5.74, 6) is 0. The Morgan fingerprint density at radius 2 is 1.25 bits per heavy atom. The van der Waals surface area contributed by atoms with E-state index in [1.165, 1.54) is 12.1 Å². The number of para-hydroxylation sites is 2. The second-order valence-corrected chi connectivity index (χ2v) is 2.71. The molecule has 0 unspecified atom stereocenters. The Bertz CT molecular complexity index is 470. The van der Waals surface area contributed by atoms with Gasteiger partial charge in [0.05, 0.1) is 9.85 Å². The molecule has 0 atom stereocenters. The molecule has 0 heterocycles. The quantitative estimate of drug-likeness (QED) is 0.612. The van der Waals surface area contributed by atoms with Crippen LogP contribution in [0.2, 0.25) is 0 Å². The van der Waals surface area contributed by atoms with Gasteiger partial charge in [0.25, 0.3) is 0 Å². The maximum absolute atomic E-state index is 10.2. The molecule has 0 saturated heterocycles. The molecule has 1 rings (SSSR count). The van der Waals surface area contributed by atoms with E-state index in [0.29, 0.717) is 0 Å². The van der Waals surface area contributed by atoms with Gasteiger partial charge in [-0.15, -0.1) is 0 Å². The fourth-order valence-corrected chi connectivity index (χ4v) is 0.773. The maximum atomic E-state index is 10.2. The summed E-state index contributed by atoms with van der Waals surface area (Å²) >= 11 is 0. The largest absolute Gasteiger partial charge is 0.346 e. The third-order valence-electron chi connectivity index (χ3n) is 1.28. The highest BCUT2D eigenvalue weighted by atomic mass is 32.2. The number of benzene rings is 1. The van der Waals surface area contributed by atoms with Crippen LogP contribution in [0.25, 0.3) is 0 Å². The molecule has 0 fully saturated rings. The molecule has 16 heavy (non-hydrogen) atoms. The Balaban J connectivity index is 0.000000487. The lowest BCUT2D eigenvalue weighted by atomic mass is 10.3. The van der Waals surface area contributed by atoms with E-state index in [9.17, 15) is 20.2 Å². The molecule has 0 aromatic heterocycles. The Morgan fingerprint density at radius 3 is 1.44 bits per heavy atom. The second kappa shape index (κ2) is 6.19. The van der Waals surface area contributed by atoms with Gasteiger partial charge in [-0.1, -0.05) is 12.1 Å². The first-order valence-corrected chi connectivity index (χ1v) is 4.62. The number of nitrogens with one attached hydrogen (secondary N) is 1. The van der Waals surface area contributed by atoms with Crippen LogP contribution in [0.5, 0.6) is 0 Å². The number of rotatable bonds is 2. The third kappa shape index (κ3) is 4.76. The lowest BCUT2D eigenvalue weighted by molar-refractivity contribution is -0.422. The molecule has 1 aromatic carbocycles. The molecule has 1 aromatic rings. The molecule has 0 aliphatic heterocycles. The topological polar surface area (TPSA) is 144 Å². The van der Waals surface area contributed by atoms with E-state index in [-0.39, 0.29) is 0 Å². The van der Waals surface area contributed by atoms with Crippen molar-refractivity contribution in [2.75, 3.05) is 0 Å². The molecule has 0 spiro atoms. The molecule has 86 valence electrons. The third-order valence-corrected chi connectivity index (χ3v) is 1.28. The van der Waals surface area contributed by atoms with E-state index in [2.05, 4.69) is 0 Å². The highest BCUT2D eigenvalue weighted by molar-refractivity contribution is 7.60. The second-order valence-electron chi connectivity index (χ2n) is 2.24. The number of hydrogen-bond donors (Lipinski definition) is 1. The van der Waals surface area contributed by atoms with E-state index in [1.807, 2.05) is 0 Å². The smallest absolute Gasteiger partial charge is 0.258 e. The molecule has 0 radical (unpaired) electrons. The van der Waals surface area contributed by atoms with Gasteiger partial charge in [0.15, 0.2) is 0 Å². The van der Waals surface area contributed by atoms with Crippen LogP contribution < -0.4 is 0 Å². The summed E-state index contributed by atoms with van der Waals surface area (Å²) in [7, 11) is -2.61. The van der Waals surface area contributed by atoms with Gasteiger partial charge in [-0.3, -0.25) is 20.2 Å². The first-order chi connectivity index (χ1) is 7.36. The van der Waals surface area contributed by atoms with Gasteiger partial charge < -0.3 is 0 Å². The molecule has 0 aliphatic rings. The van der Waals surface area contributed by atoms with E-state index in [1.54, 1.807) is 0 Å². The van der Waals surface area contributed by atoms with E-state index in [0.717, 1.165) is 12.1 Å². The molecule has 0 bridgehead atoms. The van der Waals surface area contributed by atoms with Crippen LogP contribution in [0.15, 0.2) is 24.3 Å². The summed E-state index contributed by atoms with van der Waals surface area (Å²) in [6, 6.07) is 4.95. The molecule has 0 saturated carbocycles. The number of nitrogens with zero attached hydrogens (tertiary/aromatic N) is 2. The summed E-state index contributed by atoms with van der Waals surface area (Å²) < 4.78 is 22.8. The first kappa shape index (κ1) is 13.6. The van der Waals surface area contributed by atoms with Crippen molar-refractivity contribution in [2.45, 2.75) is 0 Å². The van der Waals surface area contributed by atoms with Crippen molar-refractivity contribution < 1.29 is 18.3 Å². The van der Waals surface area contributed by atoms with Gasteiger partial charge in [-0.25, -0.2) is 0 Å². The lowest BCUT2D eigenvalue weighted by Gasteiger charge is -1.91.